The average Bonchev–Trinajstić information content (AvgIpc) is 2.73. The van der Waals surface area contributed by atoms with Gasteiger partial charge in [0.15, 0.2) is 0 Å². The molecular weight excluding hydrogens is 202 g/mol. The third kappa shape index (κ3) is 4.96. The van der Waals surface area contributed by atoms with Gasteiger partial charge in [-0.2, -0.15) is 5.10 Å². The Kier molecular flexibility index (Phi) is 6.31. The second-order valence-corrected chi connectivity index (χ2v) is 3.46. The molecule has 0 spiro atoms. The molecule has 0 aliphatic carbocycles. The van der Waals surface area contributed by atoms with Crippen LogP contribution in [0.3, 0.4) is 0 Å². The van der Waals surface area contributed by atoms with Gasteiger partial charge in [-0.1, -0.05) is 0 Å². The van der Waals surface area contributed by atoms with Crippen LogP contribution >= 0.6 is 0 Å². The molecule has 0 unspecified atom stereocenters. The molecule has 0 aliphatic rings. The summed E-state index contributed by atoms with van der Waals surface area (Å²) in [5, 5.41) is 7.54. The molecule has 4 nitrogen and oxygen atoms in total. The highest BCUT2D eigenvalue weighted by Crippen LogP contribution is 1.97. The van der Waals surface area contributed by atoms with Crippen LogP contribution in [0.2, 0.25) is 0 Å². The number of rotatable bonds is 7. The molecular formula is C12H19N3O. The molecule has 0 fully saturated rings. The first-order valence-electron chi connectivity index (χ1n) is 5.47. The molecule has 1 rings (SSSR count). The second kappa shape index (κ2) is 7.91. The Bertz CT molecular complexity index is 349. The number of aromatic nitrogens is 2. The number of ether oxygens (including phenoxy) is 1. The summed E-state index contributed by atoms with van der Waals surface area (Å²) in [4.78, 5) is 0. The molecule has 0 saturated heterocycles. The molecule has 0 atom stereocenters. The van der Waals surface area contributed by atoms with Crippen LogP contribution in [0.1, 0.15) is 18.9 Å². The fourth-order valence-corrected chi connectivity index (χ4v) is 1.32. The van der Waals surface area contributed by atoms with E-state index >= 15 is 0 Å². The van der Waals surface area contributed by atoms with E-state index in [9.17, 15) is 0 Å². The van der Waals surface area contributed by atoms with Gasteiger partial charge in [0.1, 0.15) is 0 Å². The largest absolute Gasteiger partial charge is 0.383 e. The Labute approximate surface area is 97.0 Å². The van der Waals surface area contributed by atoms with E-state index in [1.54, 1.807) is 7.11 Å². The fraction of sp³-hybridized carbons (Fsp3) is 0.583. The van der Waals surface area contributed by atoms with Crippen molar-refractivity contribution in [1.82, 2.24) is 15.1 Å². The molecule has 0 saturated carbocycles. The van der Waals surface area contributed by atoms with Gasteiger partial charge in [-0.15, -0.1) is 11.8 Å². The van der Waals surface area contributed by atoms with E-state index in [1.165, 1.54) is 5.56 Å². The Balaban J connectivity index is 2.24. The van der Waals surface area contributed by atoms with Crippen molar-refractivity contribution >= 4 is 0 Å². The normalized spacial score (nSPS) is 9.88. The molecule has 4 heteroatoms. The maximum Gasteiger partial charge on any atom is 0.0587 e. The Morgan fingerprint density at radius 2 is 2.44 bits per heavy atom. The first-order chi connectivity index (χ1) is 7.86. The lowest BCUT2D eigenvalue weighted by Gasteiger charge is -2.00. The number of methoxy groups -OCH3 is 1. The zero-order chi connectivity index (χ0) is 11.6. The van der Waals surface area contributed by atoms with Crippen LogP contribution in [0.25, 0.3) is 0 Å². The summed E-state index contributed by atoms with van der Waals surface area (Å²) >= 11 is 0. The SMILES string of the molecule is CC#CCCn1cc(CNCCOC)cn1. The average molecular weight is 221 g/mol. The predicted octanol–water partition coefficient (Wildman–Crippen LogP) is 1.03. The molecule has 1 N–H and O–H groups in total. The van der Waals surface area contributed by atoms with Gasteiger partial charge in [0.05, 0.1) is 19.3 Å². The summed E-state index contributed by atoms with van der Waals surface area (Å²) in [6.07, 6.45) is 4.80. The van der Waals surface area contributed by atoms with Crippen LogP contribution in [0.5, 0.6) is 0 Å². The number of hydrogen-bond donors (Lipinski definition) is 1. The van der Waals surface area contributed by atoms with Crippen LogP contribution in [0.15, 0.2) is 12.4 Å². The van der Waals surface area contributed by atoms with E-state index in [1.807, 2.05) is 17.8 Å². The van der Waals surface area contributed by atoms with Gasteiger partial charge < -0.3 is 10.1 Å². The van der Waals surface area contributed by atoms with Crippen molar-refractivity contribution < 1.29 is 4.74 Å². The molecule has 16 heavy (non-hydrogen) atoms. The van der Waals surface area contributed by atoms with E-state index in [0.717, 1.165) is 32.7 Å². The monoisotopic (exact) mass is 221 g/mol. The maximum atomic E-state index is 4.95. The van der Waals surface area contributed by atoms with Gasteiger partial charge in [0, 0.05) is 38.4 Å². The Morgan fingerprint density at radius 3 is 3.19 bits per heavy atom. The zero-order valence-corrected chi connectivity index (χ0v) is 9.99. The molecule has 88 valence electrons. The molecule has 0 aromatic carbocycles. The van der Waals surface area contributed by atoms with E-state index < -0.39 is 0 Å². The first kappa shape index (κ1) is 12.8. The van der Waals surface area contributed by atoms with Crippen LogP contribution in [-0.2, 0) is 17.8 Å². The van der Waals surface area contributed by atoms with Crippen LogP contribution in [0, 0.1) is 11.8 Å². The van der Waals surface area contributed by atoms with Gasteiger partial charge in [-0.05, 0) is 6.92 Å². The quantitative estimate of drug-likeness (QED) is 0.552. The summed E-state index contributed by atoms with van der Waals surface area (Å²) in [6.45, 7) is 5.15. The number of nitrogens with zero attached hydrogens (tertiary/aromatic N) is 2. The minimum Gasteiger partial charge on any atom is -0.383 e. The summed E-state index contributed by atoms with van der Waals surface area (Å²) in [7, 11) is 1.70. The van der Waals surface area contributed by atoms with Crippen molar-refractivity contribution in [3.05, 3.63) is 18.0 Å². The second-order valence-electron chi connectivity index (χ2n) is 3.46. The first-order valence-corrected chi connectivity index (χ1v) is 5.47. The van der Waals surface area contributed by atoms with E-state index in [2.05, 4.69) is 28.5 Å². The van der Waals surface area contributed by atoms with E-state index in [4.69, 9.17) is 4.74 Å². The van der Waals surface area contributed by atoms with Crippen molar-refractivity contribution in [2.75, 3.05) is 20.3 Å². The van der Waals surface area contributed by atoms with Gasteiger partial charge in [-0.3, -0.25) is 4.68 Å². The lowest BCUT2D eigenvalue weighted by atomic mass is 10.3. The van der Waals surface area contributed by atoms with Gasteiger partial charge in [-0.25, -0.2) is 0 Å². The van der Waals surface area contributed by atoms with Gasteiger partial charge in [0.25, 0.3) is 0 Å². The smallest absolute Gasteiger partial charge is 0.0587 e. The standard InChI is InChI=1S/C12H19N3O/c1-3-4-5-7-15-11-12(10-14-15)9-13-6-8-16-2/h10-11,13H,5-9H2,1-2H3. The minimum absolute atomic E-state index is 0.736. The molecule has 1 aromatic rings. The summed E-state index contributed by atoms with van der Waals surface area (Å²) in [5.74, 6) is 5.90. The van der Waals surface area contributed by atoms with E-state index in [-0.39, 0.29) is 0 Å². The minimum atomic E-state index is 0.736. The summed E-state index contributed by atoms with van der Waals surface area (Å²) in [5.41, 5.74) is 1.19. The molecule has 0 aliphatic heterocycles. The predicted molar refractivity (Wildman–Crippen MR) is 63.9 cm³/mol. The Morgan fingerprint density at radius 1 is 1.56 bits per heavy atom. The molecule has 0 radical (unpaired) electrons. The van der Waals surface area contributed by atoms with Crippen molar-refractivity contribution in [2.24, 2.45) is 0 Å². The third-order valence-electron chi connectivity index (χ3n) is 2.14. The Hall–Kier alpha value is -1.31. The highest BCUT2D eigenvalue weighted by Gasteiger charge is 1.97. The summed E-state index contributed by atoms with van der Waals surface area (Å²) < 4.78 is 6.88. The lowest BCUT2D eigenvalue weighted by Crippen LogP contribution is -2.18. The third-order valence-corrected chi connectivity index (χ3v) is 2.14. The topological polar surface area (TPSA) is 39.1 Å². The number of nitrogens with one attached hydrogen (secondary N) is 1. The van der Waals surface area contributed by atoms with Crippen LogP contribution in [0.4, 0.5) is 0 Å². The maximum absolute atomic E-state index is 4.95. The van der Waals surface area contributed by atoms with Gasteiger partial charge in [0.2, 0.25) is 0 Å². The van der Waals surface area contributed by atoms with Crippen molar-refractivity contribution in [3.8, 4) is 11.8 Å². The molecule has 0 amide bonds. The van der Waals surface area contributed by atoms with Crippen LogP contribution in [-0.4, -0.2) is 30.0 Å². The molecule has 1 aromatic heterocycles. The van der Waals surface area contributed by atoms with Crippen LogP contribution < -0.4 is 5.32 Å². The highest BCUT2D eigenvalue weighted by atomic mass is 16.5. The van der Waals surface area contributed by atoms with Crippen molar-refractivity contribution in [1.29, 1.82) is 0 Å². The zero-order valence-electron chi connectivity index (χ0n) is 9.99. The molecule has 0 bridgehead atoms. The fourth-order valence-electron chi connectivity index (χ4n) is 1.32. The molecule has 1 heterocycles. The van der Waals surface area contributed by atoms with E-state index in [0.29, 0.717) is 0 Å². The number of hydrogen-bond acceptors (Lipinski definition) is 3. The van der Waals surface area contributed by atoms with Crippen molar-refractivity contribution in [2.45, 2.75) is 26.4 Å². The highest BCUT2D eigenvalue weighted by molar-refractivity contribution is 5.03. The summed E-state index contributed by atoms with van der Waals surface area (Å²) in [6, 6.07) is 0. The lowest BCUT2D eigenvalue weighted by molar-refractivity contribution is 0.199. The van der Waals surface area contributed by atoms with Crippen molar-refractivity contribution in [3.63, 3.8) is 0 Å². The van der Waals surface area contributed by atoms with Gasteiger partial charge >= 0.3 is 0 Å². The number of aryl methyl sites for hydroxylation is 1.